The fourth-order valence-electron chi connectivity index (χ4n) is 1.58. The Labute approximate surface area is 114 Å². The van der Waals surface area contributed by atoms with Gasteiger partial charge in [-0.2, -0.15) is 0 Å². The molecule has 0 saturated carbocycles. The number of halogens is 1. The molecule has 1 atom stereocenters. The number of likely N-dealkylation sites (N-methyl/N-ethyl adjacent to an activating group) is 1. The second-order valence-corrected chi connectivity index (χ2v) is 4.19. The van der Waals surface area contributed by atoms with E-state index in [0.29, 0.717) is 0 Å². The molecule has 0 radical (unpaired) electrons. The van der Waals surface area contributed by atoms with Crippen LogP contribution in [0.5, 0.6) is 0 Å². The molecule has 0 aliphatic carbocycles. The Bertz CT molecular complexity index is 574. The fraction of sp³-hybridized carbons (Fsp3) is 0.333. The Morgan fingerprint density at radius 2 is 2.00 bits per heavy atom. The van der Waals surface area contributed by atoms with Crippen LogP contribution in [0.15, 0.2) is 12.1 Å². The smallest absolute Gasteiger partial charge is 0.270 e. The normalized spacial score (nSPS) is 11.6. The third-order valence-electron chi connectivity index (χ3n) is 2.68. The molecular weight excluding hydrogens is 269 g/mol. The minimum Gasteiger partial charge on any atom is -0.357 e. The monoisotopic (exact) mass is 283 g/mol. The topological polar surface area (TPSA) is 101 Å². The lowest BCUT2D eigenvalue weighted by Gasteiger charge is -2.13. The number of nitrogens with zero attached hydrogens (tertiary/aromatic N) is 1. The van der Waals surface area contributed by atoms with Gasteiger partial charge >= 0.3 is 0 Å². The number of nitro groups is 1. The summed E-state index contributed by atoms with van der Waals surface area (Å²) in [6, 6.07) is 0.995. The predicted molar refractivity (Wildman–Crippen MR) is 68.8 cm³/mol. The fourth-order valence-corrected chi connectivity index (χ4v) is 1.58. The van der Waals surface area contributed by atoms with Crippen molar-refractivity contribution in [3.63, 3.8) is 0 Å². The summed E-state index contributed by atoms with van der Waals surface area (Å²) in [6.07, 6.45) is 0. The number of rotatable bonds is 4. The summed E-state index contributed by atoms with van der Waals surface area (Å²) in [4.78, 5) is 33.1. The lowest BCUT2D eigenvalue weighted by molar-refractivity contribution is -0.385. The van der Waals surface area contributed by atoms with E-state index in [0.717, 1.165) is 12.1 Å². The van der Waals surface area contributed by atoms with Crippen LogP contribution < -0.4 is 10.6 Å². The Morgan fingerprint density at radius 3 is 2.50 bits per heavy atom. The lowest BCUT2D eigenvalue weighted by atomic mass is 10.1. The van der Waals surface area contributed by atoms with Crippen LogP contribution >= 0.6 is 0 Å². The molecule has 0 aliphatic heterocycles. The van der Waals surface area contributed by atoms with Crippen LogP contribution in [0, 0.1) is 22.9 Å². The molecule has 0 aromatic heterocycles. The molecule has 7 nitrogen and oxygen atoms in total. The highest BCUT2D eigenvalue weighted by Crippen LogP contribution is 2.21. The SMILES string of the molecule is CNC(=O)C(C)NC(=O)c1cc([N+](=O)[O-])cc(C)c1F. The third kappa shape index (κ3) is 3.28. The third-order valence-corrected chi connectivity index (χ3v) is 2.68. The van der Waals surface area contributed by atoms with Gasteiger partial charge in [0, 0.05) is 19.2 Å². The Kier molecular flexibility index (Phi) is 4.73. The van der Waals surface area contributed by atoms with Gasteiger partial charge in [0.1, 0.15) is 11.9 Å². The molecule has 0 saturated heterocycles. The highest BCUT2D eigenvalue weighted by molar-refractivity contribution is 5.98. The van der Waals surface area contributed by atoms with Gasteiger partial charge in [0.2, 0.25) is 5.91 Å². The van der Waals surface area contributed by atoms with Gasteiger partial charge in [0.25, 0.3) is 11.6 Å². The maximum absolute atomic E-state index is 13.8. The Hall–Kier alpha value is -2.51. The highest BCUT2D eigenvalue weighted by atomic mass is 19.1. The summed E-state index contributed by atoms with van der Waals surface area (Å²) >= 11 is 0. The van der Waals surface area contributed by atoms with Crippen molar-refractivity contribution < 1.29 is 18.9 Å². The van der Waals surface area contributed by atoms with E-state index in [1.165, 1.54) is 20.9 Å². The number of non-ortho nitro benzene ring substituents is 1. The van der Waals surface area contributed by atoms with Crippen LogP contribution in [0.25, 0.3) is 0 Å². The molecule has 1 rings (SSSR count). The minimum absolute atomic E-state index is 0.0167. The van der Waals surface area contributed by atoms with Crippen LogP contribution in [0.2, 0.25) is 0 Å². The van der Waals surface area contributed by atoms with Gasteiger partial charge in [-0.1, -0.05) is 0 Å². The number of aryl methyl sites for hydroxylation is 1. The zero-order valence-electron chi connectivity index (χ0n) is 11.2. The molecule has 20 heavy (non-hydrogen) atoms. The van der Waals surface area contributed by atoms with Crippen molar-refractivity contribution in [1.29, 1.82) is 0 Å². The first kappa shape index (κ1) is 15.5. The van der Waals surface area contributed by atoms with Crippen LogP contribution in [-0.4, -0.2) is 29.8 Å². The molecule has 8 heteroatoms. The van der Waals surface area contributed by atoms with Crippen molar-refractivity contribution in [3.05, 3.63) is 39.2 Å². The molecule has 0 spiro atoms. The molecule has 1 aromatic carbocycles. The van der Waals surface area contributed by atoms with Crippen molar-refractivity contribution >= 4 is 17.5 Å². The first-order chi connectivity index (χ1) is 9.27. The summed E-state index contributed by atoms with van der Waals surface area (Å²) in [7, 11) is 1.39. The van der Waals surface area contributed by atoms with Gasteiger partial charge in [0.05, 0.1) is 10.5 Å². The predicted octanol–water partition coefficient (Wildman–Crippen LogP) is 0.907. The number of carbonyl (C=O) groups is 2. The molecule has 1 unspecified atom stereocenters. The standard InChI is InChI=1S/C12H14FN3O4/c1-6-4-8(16(19)20)5-9(10(6)13)12(18)15-7(2)11(17)14-3/h4-5,7H,1-3H3,(H,14,17)(H,15,18). The summed E-state index contributed by atoms with van der Waals surface area (Å²) < 4.78 is 13.8. The highest BCUT2D eigenvalue weighted by Gasteiger charge is 2.22. The summed E-state index contributed by atoms with van der Waals surface area (Å²) in [5, 5.41) is 15.3. The zero-order valence-corrected chi connectivity index (χ0v) is 11.2. The van der Waals surface area contributed by atoms with E-state index in [9.17, 15) is 24.1 Å². The van der Waals surface area contributed by atoms with E-state index in [1.54, 1.807) is 0 Å². The number of nitrogens with one attached hydrogen (secondary N) is 2. The first-order valence-electron chi connectivity index (χ1n) is 5.75. The molecule has 0 fully saturated rings. The van der Waals surface area contributed by atoms with Crippen LogP contribution in [0.1, 0.15) is 22.8 Å². The lowest BCUT2D eigenvalue weighted by Crippen LogP contribution is -2.43. The van der Waals surface area contributed by atoms with Crippen molar-refractivity contribution in [2.75, 3.05) is 7.05 Å². The average molecular weight is 283 g/mol. The number of carbonyl (C=O) groups excluding carboxylic acids is 2. The second kappa shape index (κ2) is 6.09. The number of hydrogen-bond acceptors (Lipinski definition) is 4. The maximum atomic E-state index is 13.8. The van der Waals surface area contributed by atoms with Gasteiger partial charge in [-0.05, 0) is 19.4 Å². The van der Waals surface area contributed by atoms with E-state index in [1.807, 2.05) is 0 Å². The quantitative estimate of drug-likeness (QED) is 0.633. The van der Waals surface area contributed by atoms with E-state index >= 15 is 0 Å². The van der Waals surface area contributed by atoms with Crippen LogP contribution in [0.3, 0.4) is 0 Å². The molecule has 1 aromatic rings. The average Bonchev–Trinajstić information content (AvgIpc) is 2.39. The summed E-state index contributed by atoms with van der Waals surface area (Å²) in [5.41, 5.74) is -0.869. The van der Waals surface area contributed by atoms with Gasteiger partial charge in [-0.3, -0.25) is 19.7 Å². The first-order valence-corrected chi connectivity index (χ1v) is 5.75. The number of nitro benzene ring substituents is 1. The number of hydrogen-bond donors (Lipinski definition) is 2. The zero-order chi connectivity index (χ0) is 15.4. The van der Waals surface area contributed by atoms with Crippen molar-refractivity contribution in [2.24, 2.45) is 0 Å². The van der Waals surface area contributed by atoms with E-state index < -0.39 is 34.2 Å². The van der Waals surface area contributed by atoms with Crippen molar-refractivity contribution in [3.8, 4) is 0 Å². The number of amides is 2. The van der Waals surface area contributed by atoms with Gasteiger partial charge in [-0.25, -0.2) is 4.39 Å². The van der Waals surface area contributed by atoms with E-state index in [2.05, 4.69) is 10.6 Å². The Balaban J connectivity index is 3.09. The molecule has 2 N–H and O–H groups in total. The molecule has 2 amide bonds. The van der Waals surface area contributed by atoms with Crippen LogP contribution in [-0.2, 0) is 4.79 Å². The molecule has 0 heterocycles. The van der Waals surface area contributed by atoms with Gasteiger partial charge in [-0.15, -0.1) is 0 Å². The van der Waals surface area contributed by atoms with Crippen molar-refractivity contribution in [1.82, 2.24) is 10.6 Å². The number of benzene rings is 1. The van der Waals surface area contributed by atoms with Gasteiger partial charge in [0.15, 0.2) is 0 Å². The summed E-state index contributed by atoms with van der Waals surface area (Å²) in [5.74, 6) is -2.19. The summed E-state index contributed by atoms with van der Waals surface area (Å²) in [6.45, 7) is 2.74. The van der Waals surface area contributed by atoms with Crippen molar-refractivity contribution in [2.45, 2.75) is 19.9 Å². The molecule has 108 valence electrons. The van der Waals surface area contributed by atoms with Crippen LogP contribution in [0.4, 0.5) is 10.1 Å². The molecule has 0 bridgehead atoms. The maximum Gasteiger partial charge on any atom is 0.270 e. The van der Waals surface area contributed by atoms with E-state index in [4.69, 9.17) is 0 Å². The molecular formula is C12H14FN3O4. The molecule has 0 aliphatic rings. The Morgan fingerprint density at radius 1 is 1.40 bits per heavy atom. The minimum atomic E-state index is -0.884. The second-order valence-electron chi connectivity index (χ2n) is 4.19. The van der Waals surface area contributed by atoms with Gasteiger partial charge < -0.3 is 10.6 Å². The van der Waals surface area contributed by atoms with E-state index in [-0.39, 0.29) is 11.3 Å². The largest absolute Gasteiger partial charge is 0.357 e.